The molecule has 1 aromatic rings. The van der Waals surface area contributed by atoms with Gasteiger partial charge in [0.1, 0.15) is 6.04 Å². The Morgan fingerprint density at radius 3 is 2.48 bits per heavy atom. The number of hydrogen-bond acceptors (Lipinski definition) is 3. The molecule has 2 amide bonds. The van der Waals surface area contributed by atoms with Crippen molar-refractivity contribution >= 4 is 17.7 Å². The normalized spacial score (nSPS) is 17.3. The van der Waals surface area contributed by atoms with E-state index in [-0.39, 0.29) is 6.03 Å². The van der Waals surface area contributed by atoms with Gasteiger partial charge in [-0.15, -0.1) is 0 Å². The van der Waals surface area contributed by atoms with Crippen molar-refractivity contribution < 1.29 is 14.7 Å². The van der Waals surface area contributed by atoms with E-state index in [0.717, 1.165) is 11.3 Å². The fourth-order valence-electron chi connectivity index (χ4n) is 2.39. The first-order valence-corrected chi connectivity index (χ1v) is 7.07. The number of amides is 2. The zero-order valence-corrected chi connectivity index (χ0v) is 12.4. The molecule has 1 aromatic carbocycles. The predicted molar refractivity (Wildman–Crippen MR) is 80.4 cm³/mol. The molecule has 1 atom stereocenters. The summed E-state index contributed by atoms with van der Waals surface area (Å²) in [6.07, 6.45) is 0. The summed E-state index contributed by atoms with van der Waals surface area (Å²) in [5.74, 6) is -0.826. The largest absolute Gasteiger partial charge is 0.480 e. The highest BCUT2D eigenvalue weighted by atomic mass is 16.4. The van der Waals surface area contributed by atoms with Crippen molar-refractivity contribution in [2.24, 2.45) is 0 Å². The molecule has 0 bridgehead atoms. The van der Waals surface area contributed by atoms with Gasteiger partial charge in [0.15, 0.2) is 0 Å². The Morgan fingerprint density at radius 1 is 1.24 bits per heavy atom. The van der Waals surface area contributed by atoms with E-state index in [1.165, 1.54) is 0 Å². The molecular weight excluding hydrogens is 270 g/mol. The highest BCUT2D eigenvalue weighted by molar-refractivity contribution is 5.89. The highest BCUT2D eigenvalue weighted by Gasteiger charge is 2.27. The lowest BCUT2D eigenvalue weighted by atomic mass is 10.2. The van der Waals surface area contributed by atoms with Gasteiger partial charge in [0.25, 0.3) is 0 Å². The first-order chi connectivity index (χ1) is 9.97. The van der Waals surface area contributed by atoms with Crippen LogP contribution in [0, 0.1) is 6.92 Å². The van der Waals surface area contributed by atoms with Crippen molar-refractivity contribution in [3.8, 4) is 0 Å². The zero-order valence-electron chi connectivity index (χ0n) is 12.4. The molecule has 1 aliphatic rings. The van der Waals surface area contributed by atoms with Crippen LogP contribution in [0.4, 0.5) is 10.5 Å². The van der Waals surface area contributed by atoms with Gasteiger partial charge in [-0.3, -0.25) is 9.69 Å². The molecule has 2 rings (SSSR count). The number of benzene rings is 1. The summed E-state index contributed by atoms with van der Waals surface area (Å²) in [6.45, 7) is 5.88. The Hall–Kier alpha value is -2.08. The number of rotatable bonds is 3. The van der Waals surface area contributed by atoms with Gasteiger partial charge in [0.05, 0.1) is 0 Å². The molecule has 21 heavy (non-hydrogen) atoms. The molecule has 0 saturated carbocycles. The van der Waals surface area contributed by atoms with E-state index in [1.807, 2.05) is 36.1 Å². The van der Waals surface area contributed by atoms with Gasteiger partial charge in [-0.25, -0.2) is 4.79 Å². The van der Waals surface area contributed by atoms with Crippen molar-refractivity contribution in [2.45, 2.75) is 19.9 Å². The van der Waals surface area contributed by atoms with Crippen molar-refractivity contribution in [3.63, 3.8) is 0 Å². The first-order valence-electron chi connectivity index (χ1n) is 7.07. The summed E-state index contributed by atoms with van der Waals surface area (Å²) in [5, 5.41) is 11.9. The molecule has 1 heterocycles. The monoisotopic (exact) mass is 291 g/mol. The summed E-state index contributed by atoms with van der Waals surface area (Å²) in [6, 6.07) is 7.00. The lowest BCUT2D eigenvalue weighted by Gasteiger charge is -2.36. The van der Waals surface area contributed by atoms with Crippen molar-refractivity contribution in [1.82, 2.24) is 9.80 Å². The lowest BCUT2D eigenvalue weighted by molar-refractivity contribution is -0.143. The minimum absolute atomic E-state index is 0.136. The maximum Gasteiger partial charge on any atom is 0.321 e. The Bertz CT molecular complexity index is 525. The summed E-state index contributed by atoms with van der Waals surface area (Å²) in [5.41, 5.74) is 1.87. The minimum Gasteiger partial charge on any atom is -0.480 e. The van der Waals surface area contributed by atoms with E-state index in [4.69, 9.17) is 5.11 Å². The van der Waals surface area contributed by atoms with Crippen molar-refractivity contribution in [2.75, 3.05) is 31.5 Å². The third kappa shape index (κ3) is 3.95. The van der Waals surface area contributed by atoms with Crippen LogP contribution in [0.25, 0.3) is 0 Å². The molecule has 0 radical (unpaired) electrons. The van der Waals surface area contributed by atoms with E-state index in [9.17, 15) is 9.59 Å². The van der Waals surface area contributed by atoms with E-state index in [2.05, 4.69) is 5.32 Å². The Balaban J connectivity index is 1.87. The number of anilines is 1. The zero-order chi connectivity index (χ0) is 15.4. The predicted octanol–water partition coefficient (Wildman–Crippen LogP) is 1.62. The number of urea groups is 1. The van der Waals surface area contributed by atoms with Crippen LogP contribution in [0.2, 0.25) is 0 Å². The number of nitrogens with one attached hydrogen (secondary N) is 1. The number of carbonyl (C=O) groups excluding carboxylic acids is 1. The number of nitrogens with zero attached hydrogens (tertiary/aromatic N) is 2. The molecule has 1 saturated heterocycles. The quantitative estimate of drug-likeness (QED) is 0.887. The van der Waals surface area contributed by atoms with Crippen LogP contribution < -0.4 is 5.32 Å². The van der Waals surface area contributed by atoms with Crippen molar-refractivity contribution in [3.05, 3.63) is 29.8 Å². The second-order valence-electron chi connectivity index (χ2n) is 5.34. The molecule has 1 fully saturated rings. The fraction of sp³-hybridized carbons (Fsp3) is 0.467. The SMILES string of the molecule is Cc1cccc(NC(=O)N2CCN(C(C)C(=O)O)CC2)c1. The van der Waals surface area contributed by atoms with Gasteiger partial charge in [-0.2, -0.15) is 0 Å². The molecule has 1 unspecified atom stereocenters. The van der Waals surface area contributed by atoms with Gasteiger partial charge < -0.3 is 15.3 Å². The number of carboxylic acids is 1. The van der Waals surface area contributed by atoms with Gasteiger partial charge in [0.2, 0.25) is 0 Å². The number of aryl methyl sites for hydroxylation is 1. The standard InChI is InChI=1S/C15H21N3O3/c1-11-4-3-5-13(10-11)16-15(21)18-8-6-17(7-9-18)12(2)14(19)20/h3-5,10,12H,6-9H2,1-2H3,(H,16,21)(H,19,20). The average molecular weight is 291 g/mol. The molecule has 1 aliphatic heterocycles. The first kappa shape index (κ1) is 15.3. The van der Waals surface area contributed by atoms with Gasteiger partial charge in [-0.1, -0.05) is 12.1 Å². The Labute approximate surface area is 124 Å². The van der Waals surface area contributed by atoms with Crippen LogP contribution in [0.3, 0.4) is 0 Å². The maximum atomic E-state index is 12.2. The van der Waals surface area contributed by atoms with E-state index >= 15 is 0 Å². The molecular formula is C15H21N3O3. The third-order valence-corrected chi connectivity index (χ3v) is 3.78. The number of hydrogen-bond donors (Lipinski definition) is 2. The molecule has 0 spiro atoms. The van der Waals surface area contributed by atoms with Gasteiger partial charge >= 0.3 is 12.0 Å². The number of piperazine rings is 1. The lowest BCUT2D eigenvalue weighted by Crippen LogP contribution is -2.53. The summed E-state index contributed by atoms with van der Waals surface area (Å²) < 4.78 is 0. The molecule has 114 valence electrons. The van der Waals surface area contributed by atoms with Gasteiger partial charge in [-0.05, 0) is 31.5 Å². The van der Waals surface area contributed by atoms with Crippen molar-refractivity contribution in [1.29, 1.82) is 0 Å². The van der Waals surface area contributed by atoms with E-state index in [0.29, 0.717) is 26.2 Å². The second kappa shape index (κ2) is 6.58. The van der Waals surface area contributed by atoms with Crippen LogP contribution in [-0.2, 0) is 4.79 Å². The highest BCUT2D eigenvalue weighted by Crippen LogP contribution is 2.12. The number of aliphatic carboxylic acids is 1. The fourth-order valence-corrected chi connectivity index (χ4v) is 2.39. The molecule has 2 N–H and O–H groups in total. The number of carboxylic acid groups (broad SMARTS) is 1. The second-order valence-corrected chi connectivity index (χ2v) is 5.34. The van der Waals surface area contributed by atoms with E-state index in [1.54, 1.807) is 11.8 Å². The van der Waals surface area contributed by atoms with E-state index < -0.39 is 12.0 Å². The molecule has 0 aromatic heterocycles. The van der Waals surface area contributed by atoms with Crippen LogP contribution in [0.15, 0.2) is 24.3 Å². The molecule has 6 nitrogen and oxygen atoms in total. The minimum atomic E-state index is -0.826. The van der Waals surface area contributed by atoms with Crippen LogP contribution in [0.5, 0.6) is 0 Å². The van der Waals surface area contributed by atoms with Crippen LogP contribution >= 0.6 is 0 Å². The summed E-state index contributed by atoms with van der Waals surface area (Å²) in [4.78, 5) is 26.7. The Morgan fingerprint density at radius 2 is 1.90 bits per heavy atom. The maximum absolute atomic E-state index is 12.2. The molecule has 6 heteroatoms. The smallest absolute Gasteiger partial charge is 0.321 e. The Kier molecular flexibility index (Phi) is 4.80. The average Bonchev–Trinajstić information content (AvgIpc) is 2.46. The van der Waals surface area contributed by atoms with Gasteiger partial charge in [0, 0.05) is 31.9 Å². The summed E-state index contributed by atoms with van der Waals surface area (Å²) in [7, 11) is 0. The molecule has 0 aliphatic carbocycles. The third-order valence-electron chi connectivity index (χ3n) is 3.78. The number of carbonyl (C=O) groups is 2. The van der Waals surface area contributed by atoms with Crippen LogP contribution in [0.1, 0.15) is 12.5 Å². The van der Waals surface area contributed by atoms with Crippen LogP contribution in [-0.4, -0.2) is 59.1 Å². The summed E-state index contributed by atoms with van der Waals surface area (Å²) >= 11 is 0. The topological polar surface area (TPSA) is 72.9 Å².